The average Bonchev–Trinajstić information content (AvgIpc) is 1.99. The fraction of sp³-hybridized carbons (Fsp3) is 0.571. The quantitative estimate of drug-likeness (QED) is 0.439. The first-order valence-corrected chi connectivity index (χ1v) is 3.31. The lowest BCUT2D eigenvalue weighted by atomic mass is 10.5. The Morgan fingerprint density at radius 2 is 2.00 bits per heavy atom. The summed E-state index contributed by atoms with van der Waals surface area (Å²) in [4.78, 5) is 11.5. The summed E-state index contributed by atoms with van der Waals surface area (Å²) in [6.45, 7) is 5.24. The Kier molecular flexibility index (Phi) is 4.54. The zero-order valence-corrected chi connectivity index (χ0v) is 6.30. The fourth-order valence-electron chi connectivity index (χ4n) is 0.611. The largest absolute Gasteiger partial charge is 0.375 e. The molecular formula is C7H12FNO. The maximum atomic E-state index is 12.2. The minimum absolute atomic E-state index is 0.207. The lowest BCUT2D eigenvalue weighted by molar-refractivity contribution is -0.106. The first kappa shape index (κ1) is 9.14. The first-order valence-electron chi connectivity index (χ1n) is 3.31. The van der Waals surface area contributed by atoms with Gasteiger partial charge in [0.15, 0.2) is 12.1 Å². The van der Waals surface area contributed by atoms with Gasteiger partial charge < -0.3 is 4.90 Å². The van der Waals surface area contributed by atoms with Gasteiger partial charge in [-0.3, -0.25) is 4.79 Å². The number of hydrogen-bond donors (Lipinski definition) is 0. The highest BCUT2D eigenvalue weighted by Gasteiger charge is 1.94. The molecule has 0 radical (unpaired) electrons. The van der Waals surface area contributed by atoms with Crippen molar-refractivity contribution in [3.63, 3.8) is 0 Å². The van der Waals surface area contributed by atoms with E-state index in [1.54, 1.807) is 4.90 Å². The van der Waals surface area contributed by atoms with Crippen LogP contribution in [0.4, 0.5) is 4.39 Å². The summed E-state index contributed by atoms with van der Waals surface area (Å²) in [7, 11) is 0. The van der Waals surface area contributed by atoms with E-state index in [-0.39, 0.29) is 6.29 Å². The number of carbonyl (C=O) groups excluding carboxylic acids is 1. The van der Waals surface area contributed by atoms with E-state index >= 15 is 0 Å². The summed E-state index contributed by atoms with van der Waals surface area (Å²) < 4.78 is 12.2. The number of allylic oxidation sites excluding steroid dienone is 1. The van der Waals surface area contributed by atoms with Crippen LogP contribution in [0.1, 0.15) is 13.8 Å². The number of aldehydes is 1. The van der Waals surface area contributed by atoms with Gasteiger partial charge in [0.2, 0.25) is 0 Å². The molecule has 0 unspecified atom stereocenters. The second-order valence-corrected chi connectivity index (χ2v) is 1.85. The van der Waals surface area contributed by atoms with E-state index < -0.39 is 5.83 Å². The topological polar surface area (TPSA) is 20.3 Å². The maximum absolute atomic E-state index is 12.2. The zero-order chi connectivity index (χ0) is 7.98. The van der Waals surface area contributed by atoms with Gasteiger partial charge in [0.1, 0.15) is 0 Å². The number of nitrogens with zero attached hydrogens (tertiary/aromatic N) is 1. The van der Waals surface area contributed by atoms with Gasteiger partial charge >= 0.3 is 0 Å². The van der Waals surface area contributed by atoms with Gasteiger partial charge in [-0.25, -0.2) is 4.39 Å². The van der Waals surface area contributed by atoms with Crippen molar-refractivity contribution in [2.75, 3.05) is 13.1 Å². The van der Waals surface area contributed by atoms with Crippen molar-refractivity contribution in [1.29, 1.82) is 0 Å². The van der Waals surface area contributed by atoms with Crippen molar-refractivity contribution in [1.82, 2.24) is 4.90 Å². The highest BCUT2D eigenvalue weighted by Crippen LogP contribution is 1.95. The zero-order valence-electron chi connectivity index (χ0n) is 6.30. The third-order valence-corrected chi connectivity index (χ3v) is 1.23. The lowest BCUT2D eigenvalue weighted by Crippen LogP contribution is -2.15. The van der Waals surface area contributed by atoms with E-state index in [4.69, 9.17) is 0 Å². The molecule has 3 heteroatoms. The third-order valence-electron chi connectivity index (χ3n) is 1.23. The van der Waals surface area contributed by atoms with E-state index in [0.29, 0.717) is 0 Å². The Bertz CT molecular complexity index is 130. The van der Waals surface area contributed by atoms with Crippen molar-refractivity contribution < 1.29 is 9.18 Å². The Balaban J connectivity index is 3.92. The Morgan fingerprint density at radius 1 is 1.50 bits per heavy atom. The fourth-order valence-corrected chi connectivity index (χ4v) is 0.611. The molecule has 0 aromatic carbocycles. The summed E-state index contributed by atoms with van der Waals surface area (Å²) in [5.74, 6) is -0.719. The van der Waals surface area contributed by atoms with Crippen LogP contribution in [0.15, 0.2) is 12.0 Å². The molecule has 0 rings (SSSR count). The van der Waals surface area contributed by atoms with Crippen LogP contribution in [0, 0.1) is 0 Å². The van der Waals surface area contributed by atoms with E-state index in [9.17, 15) is 9.18 Å². The molecule has 0 aliphatic rings. The molecule has 0 heterocycles. The van der Waals surface area contributed by atoms with Crippen LogP contribution < -0.4 is 0 Å². The molecule has 2 nitrogen and oxygen atoms in total. The summed E-state index contributed by atoms with van der Waals surface area (Å²) in [6, 6.07) is 0. The summed E-state index contributed by atoms with van der Waals surface area (Å²) in [6.07, 6.45) is 1.42. The number of carbonyl (C=O) groups is 1. The minimum Gasteiger partial charge on any atom is -0.375 e. The van der Waals surface area contributed by atoms with Crippen LogP contribution >= 0.6 is 0 Å². The molecule has 0 aliphatic carbocycles. The molecule has 0 saturated heterocycles. The Labute approximate surface area is 60.3 Å². The van der Waals surface area contributed by atoms with Gasteiger partial charge in [-0.05, 0) is 13.8 Å². The SMILES string of the molecule is CCN(C=C(F)C=O)CC. The molecule has 0 atom stereocenters. The van der Waals surface area contributed by atoms with Gasteiger partial charge in [-0.1, -0.05) is 0 Å². The molecule has 0 saturated carbocycles. The highest BCUT2D eigenvalue weighted by atomic mass is 19.1. The molecule has 10 heavy (non-hydrogen) atoms. The van der Waals surface area contributed by atoms with E-state index in [2.05, 4.69) is 0 Å². The normalized spacial score (nSPS) is 11.3. The molecule has 0 bridgehead atoms. The van der Waals surface area contributed by atoms with E-state index in [1.807, 2.05) is 13.8 Å². The van der Waals surface area contributed by atoms with Crippen LogP contribution in [0.25, 0.3) is 0 Å². The standard InChI is InChI=1S/C7H12FNO/c1-3-9(4-2)5-7(8)6-10/h5-6H,3-4H2,1-2H3. The third kappa shape index (κ3) is 3.22. The molecule has 0 aliphatic heterocycles. The van der Waals surface area contributed by atoms with Gasteiger partial charge in [0.05, 0.1) is 0 Å². The van der Waals surface area contributed by atoms with E-state index in [0.717, 1.165) is 13.1 Å². The maximum Gasteiger partial charge on any atom is 0.179 e. The molecule has 0 aromatic heterocycles. The van der Waals surface area contributed by atoms with Crippen molar-refractivity contribution in [2.24, 2.45) is 0 Å². The Morgan fingerprint density at radius 3 is 2.30 bits per heavy atom. The molecule has 0 aromatic rings. The van der Waals surface area contributed by atoms with Gasteiger partial charge in [0, 0.05) is 19.3 Å². The van der Waals surface area contributed by atoms with Crippen LogP contribution in [0.3, 0.4) is 0 Å². The first-order chi connectivity index (χ1) is 4.74. The van der Waals surface area contributed by atoms with Crippen molar-refractivity contribution in [3.8, 4) is 0 Å². The second kappa shape index (κ2) is 4.97. The lowest BCUT2D eigenvalue weighted by Gasteiger charge is -2.13. The highest BCUT2D eigenvalue weighted by molar-refractivity contribution is 5.69. The van der Waals surface area contributed by atoms with Crippen LogP contribution in [-0.4, -0.2) is 24.3 Å². The average molecular weight is 145 g/mol. The van der Waals surface area contributed by atoms with Crippen LogP contribution in [0.2, 0.25) is 0 Å². The monoisotopic (exact) mass is 145 g/mol. The van der Waals surface area contributed by atoms with Crippen LogP contribution in [-0.2, 0) is 4.79 Å². The molecule has 0 N–H and O–H groups in total. The van der Waals surface area contributed by atoms with Crippen molar-refractivity contribution >= 4 is 6.29 Å². The molecular weight excluding hydrogens is 133 g/mol. The molecule has 0 amide bonds. The summed E-state index contributed by atoms with van der Waals surface area (Å²) >= 11 is 0. The van der Waals surface area contributed by atoms with Crippen molar-refractivity contribution in [2.45, 2.75) is 13.8 Å². The molecule has 0 spiro atoms. The minimum atomic E-state index is -0.719. The molecule has 58 valence electrons. The second-order valence-electron chi connectivity index (χ2n) is 1.85. The smallest absolute Gasteiger partial charge is 0.179 e. The van der Waals surface area contributed by atoms with Crippen LogP contribution in [0.5, 0.6) is 0 Å². The predicted molar refractivity (Wildman–Crippen MR) is 38.2 cm³/mol. The number of hydrogen-bond acceptors (Lipinski definition) is 2. The van der Waals surface area contributed by atoms with Gasteiger partial charge in [0.25, 0.3) is 0 Å². The van der Waals surface area contributed by atoms with Gasteiger partial charge in [-0.15, -0.1) is 0 Å². The predicted octanol–water partition coefficient (Wildman–Crippen LogP) is 1.34. The Hall–Kier alpha value is -0.860. The number of halogens is 1. The van der Waals surface area contributed by atoms with Crippen molar-refractivity contribution in [3.05, 3.63) is 12.0 Å². The summed E-state index contributed by atoms with van der Waals surface area (Å²) in [5, 5.41) is 0. The van der Waals surface area contributed by atoms with Gasteiger partial charge in [-0.2, -0.15) is 0 Å². The van der Waals surface area contributed by atoms with E-state index in [1.165, 1.54) is 6.20 Å². The molecule has 0 fully saturated rings. The summed E-state index contributed by atoms with van der Waals surface area (Å²) in [5.41, 5.74) is 0. The number of rotatable bonds is 4.